The summed E-state index contributed by atoms with van der Waals surface area (Å²) in [5.41, 5.74) is 1.24. The molecule has 0 radical (unpaired) electrons. The molecule has 9 heteroatoms. The average Bonchev–Trinajstić information content (AvgIpc) is 3.83. The van der Waals surface area contributed by atoms with Gasteiger partial charge in [0.15, 0.2) is 0 Å². The normalized spacial score (nSPS) is 19.2. The van der Waals surface area contributed by atoms with Crippen LogP contribution in [-0.2, 0) is 16.4 Å². The van der Waals surface area contributed by atoms with Gasteiger partial charge in [0.05, 0.1) is 11.1 Å². The molecule has 0 amide bonds. The maximum Gasteiger partial charge on any atom is 0.343 e. The Bertz CT molecular complexity index is 1860. The quantitative estimate of drug-likeness (QED) is 0.205. The minimum absolute atomic E-state index is 0.0177. The third-order valence-corrected chi connectivity index (χ3v) is 9.60. The highest BCUT2D eigenvalue weighted by atomic mass is 32.2. The van der Waals surface area contributed by atoms with Crippen LogP contribution in [0.3, 0.4) is 0 Å². The van der Waals surface area contributed by atoms with Crippen LogP contribution in [0.4, 0.5) is 5.69 Å². The molecule has 2 aliphatic carbocycles. The van der Waals surface area contributed by atoms with Gasteiger partial charge in [-0.25, -0.2) is 14.8 Å². The molecule has 2 heterocycles. The predicted octanol–water partition coefficient (Wildman–Crippen LogP) is 6.48. The molecule has 8 nitrogen and oxygen atoms in total. The van der Waals surface area contributed by atoms with Crippen LogP contribution < -0.4 is 10.3 Å². The van der Waals surface area contributed by atoms with E-state index in [4.69, 9.17) is 4.42 Å². The summed E-state index contributed by atoms with van der Waals surface area (Å²) in [4.78, 5) is 21.6. The molecule has 2 aliphatic rings. The van der Waals surface area contributed by atoms with E-state index >= 15 is 0 Å². The zero-order chi connectivity index (χ0) is 29.3. The van der Waals surface area contributed by atoms with Crippen molar-refractivity contribution < 1.29 is 17.9 Å². The lowest BCUT2D eigenvalue weighted by Crippen LogP contribution is -2.20. The van der Waals surface area contributed by atoms with Crippen LogP contribution in [-0.4, -0.2) is 23.5 Å². The summed E-state index contributed by atoms with van der Waals surface area (Å²) in [6, 6.07) is 15.6. The van der Waals surface area contributed by atoms with E-state index in [2.05, 4.69) is 39.8 Å². The second-order valence-corrected chi connectivity index (χ2v) is 12.8. The van der Waals surface area contributed by atoms with Gasteiger partial charge in [0.25, 0.3) is 15.2 Å². The number of nitrogens with one attached hydrogen (secondary N) is 1. The Labute approximate surface area is 244 Å². The number of aromatic hydroxyl groups is 1. The molecule has 1 saturated carbocycles. The lowest BCUT2D eigenvalue weighted by atomic mass is 9.75. The highest BCUT2D eigenvalue weighted by Gasteiger charge is 2.38. The Morgan fingerprint density at radius 1 is 1.12 bits per heavy atom. The van der Waals surface area contributed by atoms with Crippen molar-refractivity contribution in [2.24, 2.45) is 11.3 Å². The molecule has 2 aromatic heterocycles. The van der Waals surface area contributed by atoms with E-state index in [1.807, 2.05) is 24.3 Å². The Hall–Kier alpha value is -4.24. The van der Waals surface area contributed by atoms with Crippen molar-refractivity contribution in [2.45, 2.75) is 56.5 Å². The Morgan fingerprint density at radius 2 is 1.95 bits per heavy atom. The zero-order valence-electron chi connectivity index (χ0n) is 23.4. The van der Waals surface area contributed by atoms with Gasteiger partial charge in [-0.2, -0.15) is 8.42 Å². The molecule has 2 atom stereocenters. The summed E-state index contributed by atoms with van der Waals surface area (Å²) in [7, 11) is -4.07. The van der Waals surface area contributed by atoms with Crippen molar-refractivity contribution in [1.29, 1.82) is 0 Å². The smallest absolute Gasteiger partial charge is 0.343 e. The molecule has 0 aliphatic heterocycles. The molecule has 0 bridgehead atoms. The first kappa shape index (κ1) is 27.9. The van der Waals surface area contributed by atoms with Gasteiger partial charge in [0.1, 0.15) is 11.5 Å². The van der Waals surface area contributed by atoms with Crippen LogP contribution >= 0.6 is 0 Å². The van der Waals surface area contributed by atoms with Crippen molar-refractivity contribution in [3.63, 3.8) is 0 Å². The molecular weight excluding hydrogens is 550 g/mol. The Balaban J connectivity index is 1.26. The second-order valence-electron chi connectivity index (χ2n) is 11.3. The van der Waals surface area contributed by atoms with Gasteiger partial charge in [-0.05, 0) is 67.2 Å². The number of allylic oxidation sites excluding steroid dienone is 4. The monoisotopic (exact) mass is 583 g/mol. The number of anilines is 1. The van der Waals surface area contributed by atoms with Gasteiger partial charge < -0.3 is 9.52 Å². The van der Waals surface area contributed by atoms with E-state index in [0.29, 0.717) is 23.4 Å². The maximum absolute atomic E-state index is 13.3. The number of nitrogens with zero attached hydrogens (tertiary/aromatic N) is 2. The molecule has 0 spiro atoms. The summed E-state index contributed by atoms with van der Waals surface area (Å²) < 4.78 is 34.7. The summed E-state index contributed by atoms with van der Waals surface area (Å²) in [5, 5.41) is 11.5. The third kappa shape index (κ3) is 5.74. The zero-order valence-corrected chi connectivity index (χ0v) is 24.2. The van der Waals surface area contributed by atoms with Crippen LogP contribution in [0.5, 0.6) is 5.75 Å². The lowest BCUT2D eigenvalue weighted by Gasteiger charge is -2.30. The highest BCUT2D eigenvalue weighted by Crippen LogP contribution is 2.48. The Morgan fingerprint density at radius 3 is 2.69 bits per heavy atom. The van der Waals surface area contributed by atoms with Crippen LogP contribution in [0.25, 0.3) is 10.9 Å². The fourth-order valence-electron chi connectivity index (χ4n) is 5.84. The van der Waals surface area contributed by atoms with Gasteiger partial charge in [0.2, 0.25) is 0 Å². The van der Waals surface area contributed by atoms with E-state index in [-0.39, 0.29) is 27.8 Å². The summed E-state index contributed by atoms with van der Waals surface area (Å²) >= 11 is 0. The SMILES string of the molecule is CCC1(CCc2cc(O)c(C(c3cccc(NS(=O)(=O)c4ncc5ccccc5n4)c3)C3CC3)c(=O)o2)C=CC=CC1. The number of para-hydroxylation sites is 1. The summed E-state index contributed by atoms with van der Waals surface area (Å²) in [6.07, 6.45) is 15.0. The van der Waals surface area contributed by atoms with E-state index in [1.165, 1.54) is 6.20 Å². The van der Waals surface area contributed by atoms with Crippen LogP contribution in [0, 0.1) is 11.3 Å². The molecule has 216 valence electrons. The minimum Gasteiger partial charge on any atom is -0.507 e. The van der Waals surface area contributed by atoms with E-state index in [0.717, 1.165) is 43.1 Å². The topological polar surface area (TPSA) is 122 Å². The first-order valence-electron chi connectivity index (χ1n) is 14.3. The van der Waals surface area contributed by atoms with Gasteiger partial charge in [0, 0.05) is 35.7 Å². The second kappa shape index (κ2) is 11.2. The molecule has 1 fully saturated rings. The lowest BCUT2D eigenvalue weighted by molar-refractivity contribution is 0.318. The minimum atomic E-state index is -4.07. The molecule has 6 rings (SSSR count). The van der Waals surface area contributed by atoms with E-state index < -0.39 is 21.6 Å². The number of rotatable bonds is 10. The van der Waals surface area contributed by atoms with Crippen molar-refractivity contribution in [3.8, 4) is 5.75 Å². The summed E-state index contributed by atoms with van der Waals surface area (Å²) in [6.45, 7) is 2.16. The third-order valence-electron chi connectivity index (χ3n) is 8.42. The number of hydrogen-bond acceptors (Lipinski definition) is 7. The number of benzene rings is 2. The fraction of sp³-hybridized carbons (Fsp3) is 0.303. The number of aryl methyl sites for hydroxylation is 1. The van der Waals surface area contributed by atoms with Crippen molar-refractivity contribution in [2.75, 3.05) is 4.72 Å². The number of hydrogen-bond donors (Lipinski definition) is 2. The van der Waals surface area contributed by atoms with E-state index in [9.17, 15) is 18.3 Å². The molecule has 0 saturated heterocycles. The van der Waals surface area contributed by atoms with Crippen molar-refractivity contribution in [1.82, 2.24) is 9.97 Å². The standard InChI is InChI=1S/C33H33N3O5S/c1-2-33(16-6-3-7-17-33)18-15-26-20-28(37)30(31(38)41-26)29(22-13-14-22)23-10-8-11-25(19-23)36-42(39,40)32-34-21-24-9-4-5-12-27(24)35-32/h3-12,16,19-22,29,36-37H,2,13-15,17-18H2,1H3. The van der Waals surface area contributed by atoms with Gasteiger partial charge in [-0.15, -0.1) is 0 Å². The number of aromatic nitrogens is 2. The van der Waals surface area contributed by atoms with Gasteiger partial charge >= 0.3 is 5.63 Å². The summed E-state index contributed by atoms with van der Waals surface area (Å²) in [5.74, 6) is 0.0923. The van der Waals surface area contributed by atoms with Crippen molar-refractivity contribution >= 4 is 26.6 Å². The number of sulfonamides is 1. The molecule has 2 N–H and O–H groups in total. The fourth-order valence-corrected chi connectivity index (χ4v) is 6.78. The van der Waals surface area contributed by atoms with Crippen LogP contribution in [0.15, 0.2) is 99.5 Å². The molecule has 2 aromatic carbocycles. The van der Waals surface area contributed by atoms with Crippen molar-refractivity contribution in [3.05, 3.63) is 112 Å². The van der Waals surface area contributed by atoms with Gasteiger partial charge in [-0.1, -0.05) is 61.6 Å². The first-order valence-corrected chi connectivity index (χ1v) is 15.8. The highest BCUT2D eigenvalue weighted by molar-refractivity contribution is 7.92. The van der Waals surface area contributed by atoms with E-state index in [1.54, 1.807) is 36.4 Å². The van der Waals surface area contributed by atoms with Gasteiger partial charge in [-0.3, -0.25) is 4.72 Å². The molecule has 2 unspecified atom stereocenters. The maximum atomic E-state index is 13.3. The first-order chi connectivity index (χ1) is 20.3. The predicted molar refractivity (Wildman–Crippen MR) is 162 cm³/mol. The molecule has 4 aromatic rings. The van der Waals surface area contributed by atoms with Crippen LogP contribution in [0.1, 0.15) is 61.8 Å². The molecule has 42 heavy (non-hydrogen) atoms. The number of fused-ring (bicyclic) bond motifs is 1. The average molecular weight is 584 g/mol. The largest absolute Gasteiger partial charge is 0.507 e. The van der Waals surface area contributed by atoms with Crippen LogP contribution in [0.2, 0.25) is 0 Å². The molecular formula is C33H33N3O5S. The Kier molecular flexibility index (Phi) is 7.45.